The molecule has 1 aromatic heterocycles. The zero-order valence-electron chi connectivity index (χ0n) is 16.4. The molecule has 1 unspecified atom stereocenters. The zero-order valence-corrected chi connectivity index (χ0v) is 16.4. The topological polar surface area (TPSA) is 87.3 Å². The molecular weight excluding hydrogens is 368 g/mol. The fraction of sp³-hybridized carbons (Fsp3) is 0.318. The number of benzene rings is 2. The van der Waals surface area contributed by atoms with Gasteiger partial charge >= 0.3 is 0 Å². The van der Waals surface area contributed by atoms with E-state index in [1.807, 2.05) is 53.4 Å². The van der Waals surface area contributed by atoms with Crippen molar-refractivity contribution in [2.75, 3.05) is 25.1 Å². The number of rotatable bonds is 5. The van der Waals surface area contributed by atoms with Crippen LogP contribution in [0.5, 0.6) is 5.75 Å². The average molecular weight is 392 g/mol. The molecule has 7 nitrogen and oxygen atoms in total. The molecule has 1 atom stereocenters. The van der Waals surface area contributed by atoms with Crippen molar-refractivity contribution in [2.24, 2.45) is 5.92 Å². The molecule has 0 saturated carbocycles. The number of nitrogens with one attached hydrogen (secondary N) is 2. The van der Waals surface area contributed by atoms with Gasteiger partial charge in [-0.3, -0.25) is 9.59 Å². The van der Waals surface area contributed by atoms with Crippen LogP contribution >= 0.6 is 0 Å². The highest BCUT2D eigenvalue weighted by Gasteiger charge is 2.27. The monoisotopic (exact) mass is 392 g/mol. The molecule has 0 spiro atoms. The number of carbonyl (C=O) groups is 1. The van der Waals surface area contributed by atoms with Gasteiger partial charge < -0.3 is 19.9 Å². The van der Waals surface area contributed by atoms with Gasteiger partial charge in [0.25, 0.3) is 5.56 Å². The van der Waals surface area contributed by atoms with Crippen LogP contribution in [0, 0.1) is 5.92 Å². The molecule has 0 radical (unpaired) electrons. The summed E-state index contributed by atoms with van der Waals surface area (Å²) in [5.41, 5.74) is 2.22. The van der Waals surface area contributed by atoms with E-state index < -0.39 is 0 Å². The van der Waals surface area contributed by atoms with Gasteiger partial charge in [0.2, 0.25) is 5.91 Å². The molecular formula is C22H24N4O3. The number of methoxy groups -OCH3 is 1. The quantitative estimate of drug-likeness (QED) is 0.697. The maximum Gasteiger partial charge on any atom is 0.291 e. The molecule has 29 heavy (non-hydrogen) atoms. The predicted octanol–water partition coefficient (Wildman–Crippen LogP) is 2.46. The van der Waals surface area contributed by atoms with Gasteiger partial charge in [-0.2, -0.15) is 0 Å². The number of para-hydroxylation sites is 2. The number of ether oxygens (including phenoxy) is 1. The van der Waals surface area contributed by atoms with Gasteiger partial charge in [-0.05, 0) is 42.7 Å². The van der Waals surface area contributed by atoms with Crippen molar-refractivity contribution in [3.05, 3.63) is 64.4 Å². The molecule has 4 rings (SSSR count). The molecule has 0 aliphatic carbocycles. The SMILES string of the molecule is COc1cccc(CNC(=O)C2CCCN(c3nc4ccccc4[nH]c3=O)C2)c1. The van der Waals surface area contributed by atoms with Crippen molar-refractivity contribution in [1.82, 2.24) is 15.3 Å². The first-order valence-electron chi connectivity index (χ1n) is 9.78. The van der Waals surface area contributed by atoms with Crippen LogP contribution < -0.4 is 20.5 Å². The molecule has 150 valence electrons. The Morgan fingerprint density at radius 2 is 2.14 bits per heavy atom. The number of piperidine rings is 1. The Morgan fingerprint density at radius 1 is 1.28 bits per heavy atom. The van der Waals surface area contributed by atoms with Crippen molar-refractivity contribution >= 4 is 22.8 Å². The van der Waals surface area contributed by atoms with E-state index >= 15 is 0 Å². The van der Waals surface area contributed by atoms with Crippen molar-refractivity contribution in [2.45, 2.75) is 19.4 Å². The van der Waals surface area contributed by atoms with Crippen LogP contribution in [0.15, 0.2) is 53.3 Å². The van der Waals surface area contributed by atoms with Gasteiger partial charge in [-0.1, -0.05) is 24.3 Å². The molecule has 2 heterocycles. The molecule has 1 amide bonds. The highest BCUT2D eigenvalue weighted by Crippen LogP contribution is 2.21. The Balaban J connectivity index is 1.44. The molecule has 1 fully saturated rings. The van der Waals surface area contributed by atoms with E-state index in [2.05, 4.69) is 15.3 Å². The van der Waals surface area contributed by atoms with Crippen LogP contribution in [0.4, 0.5) is 5.82 Å². The van der Waals surface area contributed by atoms with Gasteiger partial charge in [0, 0.05) is 19.6 Å². The third kappa shape index (κ3) is 4.23. The van der Waals surface area contributed by atoms with Crippen molar-refractivity contribution in [3.63, 3.8) is 0 Å². The van der Waals surface area contributed by atoms with Crippen molar-refractivity contribution in [3.8, 4) is 5.75 Å². The summed E-state index contributed by atoms with van der Waals surface area (Å²) in [6.45, 7) is 1.65. The minimum absolute atomic E-state index is 0.00487. The van der Waals surface area contributed by atoms with E-state index in [1.165, 1.54) is 0 Å². The number of H-pyrrole nitrogens is 1. The van der Waals surface area contributed by atoms with E-state index in [4.69, 9.17) is 4.74 Å². The van der Waals surface area contributed by atoms with Gasteiger partial charge in [0.1, 0.15) is 5.75 Å². The number of aromatic amines is 1. The van der Waals surface area contributed by atoms with E-state index in [1.54, 1.807) is 7.11 Å². The second-order valence-electron chi connectivity index (χ2n) is 7.26. The molecule has 2 N–H and O–H groups in total. The molecule has 7 heteroatoms. The largest absolute Gasteiger partial charge is 0.497 e. The van der Waals surface area contributed by atoms with E-state index in [0.717, 1.165) is 29.7 Å². The Bertz CT molecular complexity index is 1080. The highest BCUT2D eigenvalue weighted by molar-refractivity contribution is 5.80. The Hall–Kier alpha value is -3.35. The first-order chi connectivity index (χ1) is 14.1. The zero-order chi connectivity index (χ0) is 20.2. The third-order valence-corrected chi connectivity index (χ3v) is 5.27. The highest BCUT2D eigenvalue weighted by atomic mass is 16.5. The second-order valence-corrected chi connectivity index (χ2v) is 7.26. The molecule has 1 aliphatic rings. The van der Waals surface area contributed by atoms with Crippen LogP contribution in [-0.2, 0) is 11.3 Å². The number of aromatic nitrogens is 2. The summed E-state index contributed by atoms with van der Waals surface area (Å²) in [4.78, 5) is 34.6. The lowest BCUT2D eigenvalue weighted by Crippen LogP contribution is -2.44. The normalized spacial score (nSPS) is 16.6. The van der Waals surface area contributed by atoms with Crippen LogP contribution in [0.3, 0.4) is 0 Å². The number of amides is 1. The van der Waals surface area contributed by atoms with Crippen molar-refractivity contribution < 1.29 is 9.53 Å². The predicted molar refractivity (Wildman–Crippen MR) is 112 cm³/mol. The minimum Gasteiger partial charge on any atom is -0.497 e. The first kappa shape index (κ1) is 19.0. The third-order valence-electron chi connectivity index (χ3n) is 5.27. The minimum atomic E-state index is -0.221. The molecule has 1 saturated heterocycles. The van der Waals surface area contributed by atoms with Crippen LogP contribution in [0.1, 0.15) is 18.4 Å². The van der Waals surface area contributed by atoms with Gasteiger partial charge in [0.15, 0.2) is 5.82 Å². The number of carbonyl (C=O) groups excluding carboxylic acids is 1. The van der Waals surface area contributed by atoms with Crippen LogP contribution in [0.25, 0.3) is 11.0 Å². The maximum atomic E-state index is 12.7. The summed E-state index contributed by atoms with van der Waals surface area (Å²) in [6, 6.07) is 15.1. The molecule has 3 aromatic rings. The summed E-state index contributed by atoms with van der Waals surface area (Å²) in [6.07, 6.45) is 1.64. The smallest absolute Gasteiger partial charge is 0.291 e. The summed E-state index contributed by atoms with van der Waals surface area (Å²) in [5.74, 6) is 0.966. The maximum absolute atomic E-state index is 12.7. The standard InChI is InChI=1S/C22H24N4O3/c1-29-17-8-4-6-15(12-17)13-23-21(27)16-7-5-11-26(14-16)20-22(28)25-19-10-3-2-9-18(19)24-20/h2-4,6,8-10,12,16H,5,7,11,13-14H2,1H3,(H,23,27)(H,25,28). The summed E-state index contributed by atoms with van der Waals surface area (Å²) < 4.78 is 5.22. The van der Waals surface area contributed by atoms with Crippen molar-refractivity contribution in [1.29, 1.82) is 0 Å². The summed E-state index contributed by atoms with van der Waals surface area (Å²) in [5, 5.41) is 3.01. The van der Waals surface area contributed by atoms with Gasteiger partial charge in [-0.25, -0.2) is 4.98 Å². The van der Waals surface area contributed by atoms with Gasteiger partial charge in [-0.15, -0.1) is 0 Å². The molecule has 0 bridgehead atoms. The number of fused-ring (bicyclic) bond motifs is 1. The fourth-order valence-corrected chi connectivity index (χ4v) is 3.73. The lowest BCUT2D eigenvalue weighted by atomic mass is 9.97. The lowest BCUT2D eigenvalue weighted by molar-refractivity contribution is -0.125. The van der Waals surface area contributed by atoms with E-state index in [9.17, 15) is 9.59 Å². The fourth-order valence-electron chi connectivity index (χ4n) is 3.73. The van der Waals surface area contributed by atoms with E-state index in [-0.39, 0.29) is 17.4 Å². The number of anilines is 1. The summed E-state index contributed by atoms with van der Waals surface area (Å²) >= 11 is 0. The second kappa shape index (κ2) is 8.34. The first-order valence-corrected chi connectivity index (χ1v) is 9.78. The number of hydrogen-bond donors (Lipinski definition) is 2. The Labute approximate surface area is 168 Å². The summed E-state index contributed by atoms with van der Waals surface area (Å²) in [7, 11) is 1.62. The lowest BCUT2D eigenvalue weighted by Gasteiger charge is -2.32. The van der Waals surface area contributed by atoms with E-state index in [0.29, 0.717) is 31.0 Å². The van der Waals surface area contributed by atoms with Gasteiger partial charge in [0.05, 0.1) is 24.1 Å². The number of hydrogen-bond acceptors (Lipinski definition) is 5. The number of nitrogens with zero attached hydrogens (tertiary/aromatic N) is 2. The van der Waals surface area contributed by atoms with Crippen LogP contribution in [0.2, 0.25) is 0 Å². The average Bonchev–Trinajstić information content (AvgIpc) is 2.77. The molecule has 1 aliphatic heterocycles. The molecule has 2 aromatic carbocycles. The Kier molecular flexibility index (Phi) is 5.46. The van der Waals surface area contributed by atoms with Crippen LogP contribution in [-0.4, -0.2) is 36.1 Å². The Morgan fingerprint density at radius 3 is 3.00 bits per heavy atom.